The molecule has 2 aromatic carbocycles. The largest absolute Gasteiger partial charge is 0.493 e. The average molecular weight is 252 g/mol. The normalized spacial score (nSPS) is 14.1. The van der Waals surface area contributed by atoms with Gasteiger partial charge >= 0.3 is 0 Å². The molecule has 0 saturated heterocycles. The molecule has 3 rings (SSSR count). The van der Waals surface area contributed by atoms with Gasteiger partial charge in [-0.05, 0) is 42.0 Å². The third kappa shape index (κ3) is 3.02. The Balaban J connectivity index is 1.70. The first kappa shape index (κ1) is 12.0. The molecule has 2 nitrogen and oxygen atoms in total. The minimum atomic E-state index is 0.702. The molecule has 2 aromatic rings. The van der Waals surface area contributed by atoms with Crippen LogP contribution >= 0.6 is 0 Å². The quantitative estimate of drug-likeness (QED) is 0.753. The fourth-order valence-electron chi connectivity index (χ4n) is 2.00. The summed E-state index contributed by atoms with van der Waals surface area (Å²) in [6.07, 6.45) is 3.47. The van der Waals surface area contributed by atoms with Gasteiger partial charge in [-0.25, -0.2) is 0 Å². The summed E-state index contributed by atoms with van der Waals surface area (Å²) in [5.74, 6) is 1.70. The number of hydrogen-bond donors (Lipinski definition) is 0. The Labute approximate surface area is 113 Å². The number of rotatable bonds is 5. The molecule has 96 valence electrons. The predicted molar refractivity (Wildman–Crippen MR) is 75.5 cm³/mol. The van der Waals surface area contributed by atoms with Crippen LogP contribution in [0.15, 0.2) is 48.5 Å². The van der Waals surface area contributed by atoms with Gasteiger partial charge in [0, 0.05) is 5.56 Å². The van der Waals surface area contributed by atoms with Crippen LogP contribution in [0.25, 0.3) is 11.1 Å². The third-order valence-electron chi connectivity index (χ3n) is 3.42. The van der Waals surface area contributed by atoms with Crippen LogP contribution in [0.3, 0.4) is 0 Å². The fourth-order valence-corrected chi connectivity index (χ4v) is 2.00. The van der Waals surface area contributed by atoms with Crippen LogP contribution in [0.4, 0.5) is 0 Å². The van der Waals surface area contributed by atoms with Crippen LogP contribution in [0, 0.1) is 5.92 Å². The summed E-state index contributed by atoms with van der Waals surface area (Å²) in [7, 11) is 0. The van der Waals surface area contributed by atoms with E-state index in [-0.39, 0.29) is 0 Å². The van der Waals surface area contributed by atoms with Crippen LogP contribution in [-0.2, 0) is 0 Å². The molecule has 1 aliphatic rings. The zero-order chi connectivity index (χ0) is 13.1. The predicted octanol–water partition coefficient (Wildman–Crippen LogP) is 3.95. The molecular formula is C17H16O2. The SMILES string of the molecule is O=Cc1ccc(-c2ccc(OCC3CC3)cc2)cc1. The summed E-state index contributed by atoms with van der Waals surface area (Å²) in [5.41, 5.74) is 2.95. The van der Waals surface area contributed by atoms with Gasteiger partial charge in [0.15, 0.2) is 0 Å². The van der Waals surface area contributed by atoms with Gasteiger partial charge in [0.1, 0.15) is 12.0 Å². The first-order valence-corrected chi connectivity index (χ1v) is 6.63. The van der Waals surface area contributed by atoms with E-state index in [0.29, 0.717) is 5.56 Å². The number of hydrogen-bond acceptors (Lipinski definition) is 2. The zero-order valence-electron chi connectivity index (χ0n) is 10.7. The van der Waals surface area contributed by atoms with Crippen molar-refractivity contribution in [2.45, 2.75) is 12.8 Å². The molecule has 0 radical (unpaired) electrons. The van der Waals surface area contributed by atoms with Gasteiger partial charge in [-0.2, -0.15) is 0 Å². The average Bonchev–Trinajstić information content (AvgIpc) is 3.30. The van der Waals surface area contributed by atoms with Crippen LogP contribution in [0.1, 0.15) is 23.2 Å². The fraction of sp³-hybridized carbons (Fsp3) is 0.235. The van der Waals surface area contributed by atoms with Crippen molar-refractivity contribution >= 4 is 6.29 Å². The van der Waals surface area contributed by atoms with E-state index < -0.39 is 0 Å². The van der Waals surface area contributed by atoms with E-state index in [1.165, 1.54) is 12.8 Å². The highest BCUT2D eigenvalue weighted by molar-refractivity contribution is 5.76. The molecular weight excluding hydrogens is 236 g/mol. The topological polar surface area (TPSA) is 26.3 Å². The van der Waals surface area contributed by atoms with Crippen molar-refractivity contribution in [2.75, 3.05) is 6.61 Å². The highest BCUT2D eigenvalue weighted by Gasteiger charge is 2.21. The number of carbonyl (C=O) groups excluding carboxylic acids is 1. The van der Waals surface area contributed by atoms with Crippen LogP contribution in [0.2, 0.25) is 0 Å². The summed E-state index contributed by atoms with van der Waals surface area (Å²) in [4.78, 5) is 10.6. The Morgan fingerprint density at radius 2 is 1.53 bits per heavy atom. The van der Waals surface area contributed by atoms with Crippen LogP contribution in [0.5, 0.6) is 5.75 Å². The number of carbonyl (C=O) groups is 1. The van der Waals surface area contributed by atoms with Gasteiger partial charge in [0.05, 0.1) is 6.61 Å². The molecule has 1 fully saturated rings. The first-order valence-electron chi connectivity index (χ1n) is 6.63. The molecule has 0 unspecified atom stereocenters. The van der Waals surface area contributed by atoms with Crippen molar-refractivity contribution < 1.29 is 9.53 Å². The minimum Gasteiger partial charge on any atom is -0.493 e. The van der Waals surface area contributed by atoms with E-state index in [9.17, 15) is 4.79 Å². The lowest BCUT2D eigenvalue weighted by Gasteiger charge is -2.06. The van der Waals surface area contributed by atoms with Gasteiger partial charge in [0.2, 0.25) is 0 Å². The summed E-state index contributed by atoms with van der Waals surface area (Å²) in [6, 6.07) is 15.7. The van der Waals surface area contributed by atoms with Crippen molar-refractivity contribution in [3.05, 3.63) is 54.1 Å². The van der Waals surface area contributed by atoms with Crippen LogP contribution < -0.4 is 4.74 Å². The minimum absolute atomic E-state index is 0.702. The zero-order valence-corrected chi connectivity index (χ0v) is 10.7. The lowest BCUT2D eigenvalue weighted by molar-refractivity contribution is 0.112. The second kappa shape index (κ2) is 5.27. The van der Waals surface area contributed by atoms with Crippen molar-refractivity contribution in [1.29, 1.82) is 0 Å². The standard InChI is InChI=1S/C17H16O2/c18-11-13-3-5-15(6-4-13)16-7-9-17(10-8-16)19-12-14-1-2-14/h3-11,14H,1-2,12H2. The molecule has 19 heavy (non-hydrogen) atoms. The Hall–Kier alpha value is -2.09. The van der Waals surface area contributed by atoms with Crippen molar-refractivity contribution in [1.82, 2.24) is 0 Å². The van der Waals surface area contributed by atoms with Gasteiger partial charge in [0.25, 0.3) is 0 Å². The summed E-state index contributed by atoms with van der Waals surface area (Å²) < 4.78 is 5.71. The monoisotopic (exact) mass is 252 g/mol. The number of ether oxygens (including phenoxy) is 1. The Morgan fingerprint density at radius 1 is 0.947 bits per heavy atom. The van der Waals surface area contributed by atoms with E-state index in [2.05, 4.69) is 12.1 Å². The second-order valence-corrected chi connectivity index (χ2v) is 5.02. The Morgan fingerprint density at radius 3 is 2.05 bits per heavy atom. The number of benzene rings is 2. The molecule has 0 spiro atoms. The first-order chi connectivity index (χ1) is 9.35. The molecule has 0 heterocycles. The van der Waals surface area contributed by atoms with Crippen molar-refractivity contribution in [2.24, 2.45) is 5.92 Å². The Kier molecular flexibility index (Phi) is 3.32. The van der Waals surface area contributed by atoms with E-state index in [1.54, 1.807) is 0 Å². The third-order valence-corrected chi connectivity index (χ3v) is 3.42. The van der Waals surface area contributed by atoms with E-state index in [0.717, 1.165) is 35.7 Å². The molecule has 0 amide bonds. The van der Waals surface area contributed by atoms with E-state index in [4.69, 9.17) is 4.74 Å². The molecule has 0 bridgehead atoms. The smallest absolute Gasteiger partial charge is 0.150 e. The molecule has 1 aliphatic carbocycles. The maximum Gasteiger partial charge on any atom is 0.150 e. The molecule has 0 aliphatic heterocycles. The molecule has 2 heteroatoms. The van der Waals surface area contributed by atoms with E-state index >= 15 is 0 Å². The van der Waals surface area contributed by atoms with Crippen LogP contribution in [-0.4, -0.2) is 12.9 Å². The second-order valence-electron chi connectivity index (χ2n) is 5.02. The highest BCUT2D eigenvalue weighted by Crippen LogP contribution is 2.30. The van der Waals surface area contributed by atoms with Gasteiger partial charge in [-0.15, -0.1) is 0 Å². The van der Waals surface area contributed by atoms with Crippen molar-refractivity contribution in [3.63, 3.8) is 0 Å². The maximum absolute atomic E-state index is 10.6. The van der Waals surface area contributed by atoms with E-state index in [1.807, 2.05) is 36.4 Å². The molecule has 0 aromatic heterocycles. The van der Waals surface area contributed by atoms with Crippen molar-refractivity contribution in [3.8, 4) is 16.9 Å². The lowest BCUT2D eigenvalue weighted by atomic mass is 10.0. The highest BCUT2D eigenvalue weighted by atomic mass is 16.5. The Bertz CT molecular complexity index is 551. The molecule has 0 N–H and O–H groups in total. The van der Waals surface area contributed by atoms with Gasteiger partial charge in [-0.1, -0.05) is 36.4 Å². The lowest BCUT2D eigenvalue weighted by Crippen LogP contribution is -1.98. The summed E-state index contributed by atoms with van der Waals surface area (Å²) in [6.45, 7) is 0.841. The maximum atomic E-state index is 10.6. The number of aldehydes is 1. The summed E-state index contributed by atoms with van der Waals surface area (Å²) >= 11 is 0. The van der Waals surface area contributed by atoms with Gasteiger partial charge in [-0.3, -0.25) is 4.79 Å². The van der Waals surface area contributed by atoms with Gasteiger partial charge < -0.3 is 4.74 Å². The molecule has 0 atom stereocenters. The molecule has 1 saturated carbocycles. The summed E-state index contributed by atoms with van der Waals surface area (Å²) in [5, 5.41) is 0.